The fourth-order valence-electron chi connectivity index (χ4n) is 3.26. The van der Waals surface area contributed by atoms with E-state index in [2.05, 4.69) is 23.4 Å². The Hall–Kier alpha value is -2.32. The third-order valence-electron chi connectivity index (χ3n) is 4.50. The van der Waals surface area contributed by atoms with E-state index in [1.54, 1.807) is 23.0 Å². The first-order chi connectivity index (χ1) is 11.5. The number of nitrogens with zero attached hydrogens (tertiary/aromatic N) is 3. The van der Waals surface area contributed by atoms with Crippen molar-refractivity contribution < 1.29 is 4.79 Å². The van der Waals surface area contributed by atoms with E-state index in [-0.39, 0.29) is 5.91 Å². The second-order valence-corrected chi connectivity index (χ2v) is 6.94. The highest BCUT2D eigenvalue weighted by molar-refractivity contribution is 6.30. The molecule has 2 atom stereocenters. The maximum absolute atomic E-state index is 12.5. The summed E-state index contributed by atoms with van der Waals surface area (Å²) < 4.78 is 1.62. The van der Waals surface area contributed by atoms with Crippen molar-refractivity contribution in [3.8, 4) is 11.8 Å². The zero-order valence-corrected chi connectivity index (χ0v) is 14.3. The van der Waals surface area contributed by atoms with Crippen molar-refractivity contribution in [3.05, 3.63) is 47.2 Å². The van der Waals surface area contributed by atoms with Gasteiger partial charge in [0, 0.05) is 11.2 Å². The molecule has 0 spiro atoms. The molecule has 1 fully saturated rings. The van der Waals surface area contributed by atoms with Gasteiger partial charge in [-0.3, -0.25) is 4.79 Å². The van der Waals surface area contributed by atoms with Crippen LogP contribution in [0.15, 0.2) is 36.7 Å². The lowest BCUT2D eigenvalue weighted by Crippen LogP contribution is -2.50. The van der Waals surface area contributed by atoms with Gasteiger partial charge in [0.15, 0.2) is 0 Å². The zero-order valence-electron chi connectivity index (χ0n) is 13.5. The van der Waals surface area contributed by atoms with E-state index in [0.29, 0.717) is 29.3 Å². The Morgan fingerprint density at radius 1 is 1.46 bits per heavy atom. The van der Waals surface area contributed by atoms with E-state index in [1.165, 1.54) is 6.20 Å². The number of nitrogens with one attached hydrogen (secondary N) is 1. The van der Waals surface area contributed by atoms with Crippen LogP contribution in [0.2, 0.25) is 5.02 Å². The number of hydrogen-bond donors (Lipinski definition) is 1. The molecule has 1 aromatic carbocycles. The number of benzene rings is 1. The maximum Gasteiger partial charge on any atom is 0.255 e. The SMILES string of the molecule is CC1CCCC(C#N)(NC(=O)c2cnn(-c3ccc(Cl)cc3)c2)C1. The summed E-state index contributed by atoms with van der Waals surface area (Å²) in [5.74, 6) is 0.182. The van der Waals surface area contributed by atoms with Crippen molar-refractivity contribution in [2.45, 2.75) is 38.1 Å². The minimum atomic E-state index is -0.767. The molecule has 2 aromatic rings. The first-order valence-corrected chi connectivity index (χ1v) is 8.43. The Balaban J connectivity index is 1.76. The maximum atomic E-state index is 12.5. The van der Waals surface area contributed by atoms with Crippen molar-refractivity contribution in [1.29, 1.82) is 5.26 Å². The number of aromatic nitrogens is 2. The summed E-state index contributed by atoms with van der Waals surface area (Å²) in [5.41, 5.74) is 0.495. The third kappa shape index (κ3) is 3.44. The molecule has 1 aliphatic rings. The highest BCUT2D eigenvalue weighted by Gasteiger charge is 2.36. The van der Waals surface area contributed by atoms with Gasteiger partial charge in [-0.15, -0.1) is 0 Å². The van der Waals surface area contributed by atoms with Crippen molar-refractivity contribution in [1.82, 2.24) is 15.1 Å². The lowest BCUT2D eigenvalue weighted by atomic mass is 9.77. The fraction of sp³-hybridized carbons (Fsp3) is 0.389. The first-order valence-electron chi connectivity index (χ1n) is 8.06. The van der Waals surface area contributed by atoms with Gasteiger partial charge in [0.2, 0.25) is 0 Å². The monoisotopic (exact) mass is 342 g/mol. The average molecular weight is 343 g/mol. The van der Waals surface area contributed by atoms with Crippen LogP contribution in [0, 0.1) is 17.2 Å². The van der Waals surface area contributed by atoms with Crippen LogP contribution in [0.1, 0.15) is 43.0 Å². The van der Waals surface area contributed by atoms with E-state index in [1.807, 2.05) is 12.1 Å². The summed E-state index contributed by atoms with van der Waals surface area (Å²) in [6.45, 7) is 2.12. The Bertz CT molecular complexity index is 777. The van der Waals surface area contributed by atoms with Crippen LogP contribution in [0.4, 0.5) is 0 Å². The first kappa shape index (κ1) is 16.5. The van der Waals surface area contributed by atoms with Crippen LogP contribution in [-0.4, -0.2) is 21.2 Å². The molecule has 124 valence electrons. The summed E-state index contributed by atoms with van der Waals surface area (Å²) in [6.07, 6.45) is 6.63. The van der Waals surface area contributed by atoms with Gasteiger partial charge >= 0.3 is 0 Å². The standard InChI is InChI=1S/C18H19ClN4O/c1-13-3-2-8-18(9-13,12-20)22-17(24)14-10-21-23(11-14)16-6-4-15(19)5-7-16/h4-7,10-11,13H,2-3,8-9H2,1H3,(H,22,24). The largest absolute Gasteiger partial charge is 0.334 e. The normalized spacial score (nSPS) is 23.5. The molecule has 1 heterocycles. The number of carbonyl (C=O) groups excluding carboxylic acids is 1. The summed E-state index contributed by atoms with van der Waals surface area (Å²) in [6, 6.07) is 9.52. The van der Waals surface area contributed by atoms with Gasteiger partial charge in [-0.1, -0.05) is 24.9 Å². The molecule has 1 saturated carbocycles. The van der Waals surface area contributed by atoms with E-state index in [0.717, 1.165) is 18.5 Å². The highest BCUT2D eigenvalue weighted by atomic mass is 35.5. The van der Waals surface area contributed by atoms with E-state index >= 15 is 0 Å². The summed E-state index contributed by atoms with van der Waals surface area (Å²) >= 11 is 5.88. The molecular weight excluding hydrogens is 324 g/mol. The minimum absolute atomic E-state index is 0.258. The molecule has 0 radical (unpaired) electrons. The van der Waals surface area contributed by atoms with Crippen LogP contribution < -0.4 is 5.32 Å². The minimum Gasteiger partial charge on any atom is -0.334 e. The van der Waals surface area contributed by atoms with Crippen molar-refractivity contribution in [2.24, 2.45) is 5.92 Å². The molecule has 6 heteroatoms. The summed E-state index contributed by atoms with van der Waals surface area (Å²) in [4.78, 5) is 12.5. The molecule has 0 saturated heterocycles. The van der Waals surface area contributed by atoms with Crippen LogP contribution >= 0.6 is 11.6 Å². The quantitative estimate of drug-likeness (QED) is 0.923. The van der Waals surface area contributed by atoms with Crippen LogP contribution in [0.3, 0.4) is 0 Å². The van der Waals surface area contributed by atoms with Gasteiger partial charge in [0.05, 0.1) is 23.5 Å². The molecule has 2 unspecified atom stereocenters. The zero-order chi connectivity index (χ0) is 17.2. The topological polar surface area (TPSA) is 70.7 Å². The third-order valence-corrected chi connectivity index (χ3v) is 4.75. The van der Waals surface area contributed by atoms with Crippen LogP contribution in [0.25, 0.3) is 5.69 Å². The Labute approximate surface area is 146 Å². The second kappa shape index (κ2) is 6.66. The van der Waals surface area contributed by atoms with Crippen molar-refractivity contribution in [3.63, 3.8) is 0 Å². The second-order valence-electron chi connectivity index (χ2n) is 6.50. The number of hydrogen-bond acceptors (Lipinski definition) is 3. The summed E-state index contributed by atoms with van der Waals surface area (Å²) in [5, 5.41) is 17.4. The van der Waals surface area contributed by atoms with Gasteiger partial charge in [0.1, 0.15) is 5.54 Å². The van der Waals surface area contributed by atoms with Crippen LogP contribution in [-0.2, 0) is 0 Å². The molecule has 1 N–H and O–H groups in total. The fourth-order valence-corrected chi connectivity index (χ4v) is 3.38. The average Bonchev–Trinajstić information content (AvgIpc) is 3.05. The lowest BCUT2D eigenvalue weighted by molar-refractivity contribution is 0.0890. The van der Waals surface area contributed by atoms with Gasteiger partial charge in [-0.2, -0.15) is 10.4 Å². The molecule has 1 amide bonds. The van der Waals surface area contributed by atoms with Gasteiger partial charge < -0.3 is 5.32 Å². The van der Waals surface area contributed by atoms with E-state index in [9.17, 15) is 10.1 Å². The Morgan fingerprint density at radius 3 is 2.88 bits per heavy atom. The Kier molecular flexibility index (Phi) is 4.59. The molecule has 0 bridgehead atoms. The number of halogens is 1. The number of nitriles is 1. The van der Waals surface area contributed by atoms with Gasteiger partial charge in [0.25, 0.3) is 5.91 Å². The van der Waals surface area contributed by atoms with Crippen molar-refractivity contribution in [2.75, 3.05) is 0 Å². The van der Waals surface area contributed by atoms with E-state index in [4.69, 9.17) is 11.6 Å². The number of rotatable bonds is 3. The molecule has 0 aliphatic heterocycles. The lowest BCUT2D eigenvalue weighted by Gasteiger charge is -2.34. The van der Waals surface area contributed by atoms with Gasteiger partial charge in [-0.05, 0) is 49.4 Å². The van der Waals surface area contributed by atoms with Gasteiger partial charge in [-0.25, -0.2) is 4.68 Å². The van der Waals surface area contributed by atoms with Crippen molar-refractivity contribution >= 4 is 17.5 Å². The molecular formula is C18H19ClN4O. The smallest absolute Gasteiger partial charge is 0.255 e. The molecule has 1 aromatic heterocycles. The summed E-state index contributed by atoms with van der Waals surface area (Å²) in [7, 11) is 0. The number of carbonyl (C=O) groups is 1. The molecule has 5 nitrogen and oxygen atoms in total. The Morgan fingerprint density at radius 2 is 2.21 bits per heavy atom. The predicted molar refractivity (Wildman–Crippen MR) is 92.0 cm³/mol. The molecule has 24 heavy (non-hydrogen) atoms. The van der Waals surface area contributed by atoms with Crippen LogP contribution in [0.5, 0.6) is 0 Å². The molecule has 1 aliphatic carbocycles. The molecule has 3 rings (SSSR count). The highest BCUT2D eigenvalue weighted by Crippen LogP contribution is 2.32. The van der Waals surface area contributed by atoms with E-state index < -0.39 is 5.54 Å². The predicted octanol–water partition coefficient (Wildman–Crippen LogP) is 3.73. The number of amides is 1.